The van der Waals surface area contributed by atoms with Crippen LogP contribution in [0.2, 0.25) is 0 Å². The fraction of sp³-hybridized carbons (Fsp3) is 0.786. The lowest BCUT2D eigenvalue weighted by Gasteiger charge is -2.36. The van der Waals surface area contributed by atoms with Crippen molar-refractivity contribution < 1.29 is 40.2 Å². The van der Waals surface area contributed by atoms with Gasteiger partial charge in [0.2, 0.25) is 0 Å². The van der Waals surface area contributed by atoms with Crippen molar-refractivity contribution in [3.63, 3.8) is 0 Å². The maximum atomic E-state index is 12.4. The van der Waals surface area contributed by atoms with Gasteiger partial charge < -0.3 is 35.5 Å². The molecule has 0 saturated carbocycles. The first kappa shape index (κ1) is 33.2. The number of hydrogen-bond donors (Lipinski definition) is 6. The molecule has 11 unspecified atom stereocenters. The molecule has 1 heterocycles. The van der Waals surface area contributed by atoms with Crippen molar-refractivity contribution in [2.24, 2.45) is 29.6 Å². The molecule has 0 aromatic carbocycles. The molecule has 1 saturated heterocycles. The van der Waals surface area contributed by atoms with Gasteiger partial charge in [0.1, 0.15) is 11.3 Å². The monoisotopic (exact) mass is 527 g/mol. The molecule has 214 valence electrons. The van der Waals surface area contributed by atoms with Crippen LogP contribution in [0.5, 0.6) is 0 Å². The number of allylic oxidation sites excluding steroid dienone is 2. The zero-order chi connectivity index (χ0) is 28.9. The smallest absolute Gasteiger partial charge is 0.261 e. The predicted molar refractivity (Wildman–Crippen MR) is 141 cm³/mol. The molecular weight excluding hydrogens is 478 g/mol. The Morgan fingerprint density at radius 3 is 1.81 bits per heavy atom. The Kier molecular flexibility index (Phi) is 12.4. The number of rotatable bonds is 13. The third kappa shape index (κ3) is 8.10. The second-order valence-electron chi connectivity index (χ2n) is 11.4. The lowest BCUT2D eigenvalue weighted by atomic mass is 9.79. The lowest BCUT2D eigenvalue weighted by molar-refractivity contribution is -0.125. The van der Waals surface area contributed by atoms with E-state index in [2.05, 4.69) is 0 Å². The molecule has 1 aliphatic heterocycles. The molecule has 1 fully saturated rings. The number of carbonyl (C=O) groups is 2. The number of Topliss-reactive ketones (excluding diaryl/α,β-unsaturated/α-hetero) is 1. The van der Waals surface area contributed by atoms with E-state index >= 15 is 0 Å². The summed E-state index contributed by atoms with van der Waals surface area (Å²) in [4.78, 5) is 26.0. The number of carbonyl (C=O) groups excluding carboxylic acids is 2. The zero-order valence-electron chi connectivity index (χ0n) is 23.8. The first-order valence-corrected chi connectivity index (χ1v) is 13.3. The van der Waals surface area contributed by atoms with Gasteiger partial charge in [0, 0.05) is 24.8 Å². The third-order valence-corrected chi connectivity index (χ3v) is 8.15. The van der Waals surface area contributed by atoms with Crippen molar-refractivity contribution in [3.8, 4) is 0 Å². The summed E-state index contributed by atoms with van der Waals surface area (Å²) < 4.78 is 0. The number of aliphatic hydroxyl groups is 6. The molecule has 37 heavy (non-hydrogen) atoms. The first-order chi connectivity index (χ1) is 16.9. The van der Waals surface area contributed by atoms with E-state index in [0.29, 0.717) is 12.0 Å². The van der Waals surface area contributed by atoms with Crippen LogP contribution in [0.3, 0.4) is 0 Å². The molecule has 0 aromatic rings. The van der Waals surface area contributed by atoms with Crippen molar-refractivity contribution in [1.29, 1.82) is 0 Å². The van der Waals surface area contributed by atoms with Gasteiger partial charge in [-0.25, -0.2) is 0 Å². The van der Waals surface area contributed by atoms with Crippen LogP contribution in [0, 0.1) is 29.6 Å². The van der Waals surface area contributed by atoms with Gasteiger partial charge in [0.05, 0.1) is 36.6 Å². The molecular formula is C28H49NO8. The van der Waals surface area contributed by atoms with E-state index < -0.39 is 66.0 Å². The Labute approximate surface area is 221 Å². The van der Waals surface area contributed by atoms with Gasteiger partial charge >= 0.3 is 0 Å². The summed E-state index contributed by atoms with van der Waals surface area (Å²) >= 11 is 0. The standard InChI is InChI=1S/C28H49NO8/c1-13(11-15(3)23(32)22-27(36)19(7)29(9)28(22)37)10-14(2)12-21(31)26(35)18(6)25(34)17(5)24(33)16(4)20(8)30/h11,13-14,16-21,24-26,30-35H,10,12H2,1-9H3/b15-11+,23-22+. The van der Waals surface area contributed by atoms with Crippen molar-refractivity contribution in [1.82, 2.24) is 4.90 Å². The van der Waals surface area contributed by atoms with E-state index in [0.717, 1.165) is 0 Å². The topological polar surface area (TPSA) is 159 Å². The Bertz CT molecular complexity index is 831. The third-order valence-electron chi connectivity index (χ3n) is 8.15. The van der Waals surface area contributed by atoms with Crippen LogP contribution in [0.4, 0.5) is 0 Å². The van der Waals surface area contributed by atoms with Crippen LogP contribution in [-0.2, 0) is 9.59 Å². The number of likely N-dealkylation sites (N-methyl/N-ethyl adjacent to an activating group) is 1. The molecule has 1 rings (SSSR count). The highest BCUT2D eigenvalue weighted by molar-refractivity contribution is 6.26. The second-order valence-corrected chi connectivity index (χ2v) is 11.4. The van der Waals surface area contributed by atoms with Gasteiger partial charge in [0.25, 0.3) is 5.91 Å². The number of nitrogens with zero attached hydrogens (tertiary/aromatic N) is 1. The molecule has 0 spiro atoms. The van der Waals surface area contributed by atoms with Gasteiger partial charge in [-0.2, -0.15) is 0 Å². The number of ketones is 1. The minimum atomic E-state index is -1.21. The van der Waals surface area contributed by atoms with Crippen molar-refractivity contribution >= 4 is 11.7 Å². The van der Waals surface area contributed by atoms with Crippen molar-refractivity contribution in [2.45, 2.75) is 105 Å². The van der Waals surface area contributed by atoms with E-state index in [1.807, 2.05) is 13.8 Å². The molecule has 0 bridgehead atoms. The quantitative estimate of drug-likeness (QED) is 0.120. The van der Waals surface area contributed by atoms with Crippen molar-refractivity contribution in [3.05, 3.63) is 23.0 Å². The van der Waals surface area contributed by atoms with Crippen LogP contribution < -0.4 is 0 Å². The summed E-state index contributed by atoms with van der Waals surface area (Å²) in [6, 6.07) is -0.614. The average molecular weight is 528 g/mol. The Hall–Kier alpha value is -1.78. The van der Waals surface area contributed by atoms with E-state index in [4.69, 9.17) is 0 Å². The maximum absolute atomic E-state index is 12.4. The van der Waals surface area contributed by atoms with Gasteiger partial charge in [-0.1, -0.05) is 40.7 Å². The Balaban J connectivity index is 2.78. The molecule has 0 aromatic heterocycles. The van der Waals surface area contributed by atoms with Crippen LogP contribution in [0.15, 0.2) is 23.0 Å². The summed E-state index contributed by atoms with van der Waals surface area (Å²) in [7, 11) is 1.52. The first-order valence-electron chi connectivity index (χ1n) is 13.3. The van der Waals surface area contributed by atoms with Crippen LogP contribution >= 0.6 is 0 Å². The Morgan fingerprint density at radius 1 is 0.865 bits per heavy atom. The zero-order valence-corrected chi connectivity index (χ0v) is 23.8. The molecule has 0 radical (unpaired) electrons. The van der Waals surface area contributed by atoms with E-state index in [-0.39, 0.29) is 29.6 Å². The molecule has 11 atom stereocenters. The summed E-state index contributed by atoms with van der Waals surface area (Å²) in [6.07, 6.45) is -2.46. The van der Waals surface area contributed by atoms with E-state index in [9.17, 15) is 40.2 Å². The van der Waals surface area contributed by atoms with E-state index in [1.54, 1.807) is 47.6 Å². The highest BCUT2D eigenvalue weighted by atomic mass is 16.3. The van der Waals surface area contributed by atoms with Gasteiger partial charge in [-0.3, -0.25) is 9.59 Å². The summed E-state index contributed by atoms with van der Waals surface area (Å²) in [5.74, 6) is -3.08. The largest absolute Gasteiger partial charge is 0.507 e. The van der Waals surface area contributed by atoms with Gasteiger partial charge in [-0.05, 0) is 51.0 Å². The van der Waals surface area contributed by atoms with E-state index in [1.165, 1.54) is 11.9 Å². The molecule has 6 N–H and O–H groups in total. The Morgan fingerprint density at radius 2 is 1.35 bits per heavy atom. The van der Waals surface area contributed by atoms with Crippen molar-refractivity contribution in [2.75, 3.05) is 7.05 Å². The molecule has 0 aliphatic carbocycles. The lowest BCUT2D eigenvalue weighted by Crippen LogP contribution is -2.46. The summed E-state index contributed by atoms with van der Waals surface area (Å²) in [5, 5.41) is 62.8. The number of hydrogen-bond acceptors (Lipinski definition) is 8. The van der Waals surface area contributed by atoms with Crippen LogP contribution in [0.25, 0.3) is 0 Å². The molecule has 1 amide bonds. The fourth-order valence-corrected chi connectivity index (χ4v) is 5.11. The normalized spacial score (nSPS) is 26.7. The highest BCUT2D eigenvalue weighted by Crippen LogP contribution is 2.29. The highest BCUT2D eigenvalue weighted by Gasteiger charge is 2.41. The minimum Gasteiger partial charge on any atom is -0.507 e. The second kappa shape index (κ2) is 13.8. The maximum Gasteiger partial charge on any atom is 0.261 e. The molecule has 1 aliphatic rings. The fourth-order valence-electron chi connectivity index (χ4n) is 5.11. The predicted octanol–water partition coefficient (Wildman–Crippen LogP) is 1.96. The van der Waals surface area contributed by atoms with Gasteiger partial charge in [0.15, 0.2) is 5.78 Å². The van der Waals surface area contributed by atoms with Crippen LogP contribution in [-0.4, -0.2) is 90.8 Å². The number of aliphatic hydroxyl groups excluding tert-OH is 6. The van der Waals surface area contributed by atoms with Gasteiger partial charge in [-0.15, -0.1) is 0 Å². The van der Waals surface area contributed by atoms with Crippen LogP contribution in [0.1, 0.15) is 68.2 Å². The minimum absolute atomic E-state index is 0.0259. The molecule has 9 nitrogen and oxygen atoms in total. The summed E-state index contributed by atoms with van der Waals surface area (Å²) in [5.41, 5.74) is 0.229. The number of likely N-dealkylation sites (tertiary alicyclic amines) is 1. The summed E-state index contributed by atoms with van der Waals surface area (Å²) in [6.45, 7) is 13.6. The molecule has 9 heteroatoms. The average Bonchev–Trinajstić information content (AvgIpc) is 3.02. The number of amides is 1. The SMILES string of the molecule is CC(=C\C(C)CC(C)CC(O)C(O)C(C)C(O)C(C)C(O)C(C)C(C)O)/C(O)=C1/C(=O)C(C)N(C)C1=O.